The molecule has 1 heterocycles. The van der Waals surface area contributed by atoms with Crippen LogP contribution in [0.4, 0.5) is 0 Å². The van der Waals surface area contributed by atoms with Gasteiger partial charge in [-0.25, -0.2) is 0 Å². The van der Waals surface area contributed by atoms with Crippen LogP contribution in [0.25, 0.3) is 0 Å². The first-order chi connectivity index (χ1) is 3.93. The van der Waals surface area contributed by atoms with E-state index in [9.17, 15) is 0 Å². The van der Waals surface area contributed by atoms with Crippen LogP contribution in [0.1, 0.15) is 0 Å². The summed E-state index contributed by atoms with van der Waals surface area (Å²) in [6, 6.07) is 0. The van der Waals surface area contributed by atoms with E-state index in [0.717, 1.165) is 0 Å². The molecule has 0 N–H and O–H groups in total. The molecule has 1 aliphatic heterocycles. The quantitative estimate of drug-likeness (QED) is 0.393. The Morgan fingerprint density at radius 2 is 2.12 bits per heavy atom. The van der Waals surface area contributed by atoms with Gasteiger partial charge in [0, 0.05) is 0 Å². The molecule has 0 aromatic rings. The van der Waals surface area contributed by atoms with Crippen LogP contribution in [-0.2, 0) is 0 Å². The van der Waals surface area contributed by atoms with Crippen molar-refractivity contribution in [1.29, 1.82) is 0 Å². The third-order valence-electron chi connectivity index (χ3n) is 1.28. The number of hydrogen-bond acceptors (Lipinski definition) is 0. The van der Waals surface area contributed by atoms with E-state index < -0.39 is 0 Å². The minimum atomic E-state index is 0.326. The average molecular weight is 126 g/mol. The van der Waals surface area contributed by atoms with Gasteiger partial charge in [-0.15, -0.1) is 6.58 Å². The van der Waals surface area contributed by atoms with Gasteiger partial charge < -0.3 is 0 Å². The molecule has 0 aromatic carbocycles. The summed E-state index contributed by atoms with van der Waals surface area (Å²) in [5.74, 6) is 0. The first kappa shape index (κ1) is 6.04. The number of allylic oxidation sites excluding steroid dienone is 3. The molecule has 0 atom stereocenters. The van der Waals surface area contributed by atoms with Crippen molar-refractivity contribution in [2.75, 3.05) is 18.5 Å². The third kappa shape index (κ3) is 1.45. The molecule has 44 valence electrons. The lowest BCUT2D eigenvalue weighted by atomic mass is 10.6. The van der Waals surface area contributed by atoms with E-state index in [4.69, 9.17) is 0 Å². The van der Waals surface area contributed by atoms with Crippen LogP contribution in [0.3, 0.4) is 0 Å². The highest BCUT2D eigenvalue weighted by atomic mass is 31.1. The molecule has 1 heteroatoms. The molecule has 0 saturated carbocycles. The molecule has 0 radical (unpaired) electrons. The maximum atomic E-state index is 3.71. The van der Waals surface area contributed by atoms with Gasteiger partial charge in [0.2, 0.25) is 0 Å². The highest BCUT2D eigenvalue weighted by Crippen LogP contribution is 2.38. The Balaban J connectivity index is 2.19. The van der Waals surface area contributed by atoms with Crippen molar-refractivity contribution in [3.63, 3.8) is 0 Å². The summed E-state index contributed by atoms with van der Waals surface area (Å²) in [5, 5.41) is 0. The fourth-order valence-electron chi connectivity index (χ4n) is 0.853. The van der Waals surface area contributed by atoms with E-state index >= 15 is 0 Å². The Morgan fingerprint density at radius 3 is 2.62 bits per heavy atom. The van der Waals surface area contributed by atoms with Gasteiger partial charge in [-0.05, 0) is 18.5 Å². The standard InChI is InChI=1S/C7H11P/c1-2-5-8-6-3-4-7-8/h2-4H,1,5-7H2. The van der Waals surface area contributed by atoms with Gasteiger partial charge in [0.25, 0.3) is 0 Å². The van der Waals surface area contributed by atoms with E-state index in [2.05, 4.69) is 18.7 Å². The zero-order valence-corrected chi connectivity index (χ0v) is 5.90. The monoisotopic (exact) mass is 126 g/mol. The summed E-state index contributed by atoms with van der Waals surface area (Å²) in [4.78, 5) is 0. The summed E-state index contributed by atoms with van der Waals surface area (Å²) < 4.78 is 0. The molecule has 0 nitrogen and oxygen atoms in total. The van der Waals surface area contributed by atoms with Gasteiger partial charge in [-0.3, -0.25) is 0 Å². The van der Waals surface area contributed by atoms with Crippen molar-refractivity contribution in [2.24, 2.45) is 0 Å². The highest BCUT2D eigenvalue weighted by Gasteiger charge is 2.04. The Morgan fingerprint density at radius 1 is 1.50 bits per heavy atom. The zero-order chi connectivity index (χ0) is 5.82. The molecule has 0 unspecified atom stereocenters. The minimum Gasteiger partial charge on any atom is -0.103 e. The van der Waals surface area contributed by atoms with Gasteiger partial charge >= 0.3 is 0 Å². The summed E-state index contributed by atoms with van der Waals surface area (Å²) in [6.45, 7) is 3.71. The maximum absolute atomic E-state index is 3.71. The molecule has 0 amide bonds. The molecule has 0 saturated heterocycles. The van der Waals surface area contributed by atoms with E-state index in [-0.39, 0.29) is 0 Å². The van der Waals surface area contributed by atoms with Gasteiger partial charge in [-0.1, -0.05) is 26.1 Å². The lowest BCUT2D eigenvalue weighted by molar-refractivity contribution is 1.68. The average Bonchev–Trinajstić information content (AvgIpc) is 2.19. The van der Waals surface area contributed by atoms with E-state index in [1.54, 1.807) is 0 Å². The molecule has 0 aliphatic carbocycles. The van der Waals surface area contributed by atoms with Crippen LogP contribution >= 0.6 is 7.92 Å². The van der Waals surface area contributed by atoms with Crippen molar-refractivity contribution >= 4 is 7.92 Å². The molecular formula is C7H11P. The van der Waals surface area contributed by atoms with Gasteiger partial charge in [0.1, 0.15) is 0 Å². The lowest BCUT2D eigenvalue weighted by Gasteiger charge is -2.02. The molecule has 1 aliphatic rings. The summed E-state index contributed by atoms with van der Waals surface area (Å²) in [7, 11) is 0.326. The zero-order valence-electron chi connectivity index (χ0n) is 5.01. The summed E-state index contributed by atoms with van der Waals surface area (Å²) in [5.41, 5.74) is 0. The molecule has 0 bridgehead atoms. The minimum absolute atomic E-state index is 0.326. The molecule has 1 rings (SSSR count). The van der Waals surface area contributed by atoms with Crippen LogP contribution in [-0.4, -0.2) is 18.5 Å². The van der Waals surface area contributed by atoms with E-state index in [1.807, 2.05) is 6.08 Å². The van der Waals surface area contributed by atoms with Crippen molar-refractivity contribution in [2.45, 2.75) is 0 Å². The van der Waals surface area contributed by atoms with Crippen LogP contribution < -0.4 is 0 Å². The lowest BCUT2D eigenvalue weighted by Crippen LogP contribution is -1.79. The predicted octanol–water partition coefficient (Wildman–Crippen LogP) is 2.22. The van der Waals surface area contributed by atoms with Crippen molar-refractivity contribution in [3.05, 3.63) is 24.8 Å². The normalized spacial score (nSPS) is 19.5. The predicted molar refractivity (Wildman–Crippen MR) is 40.9 cm³/mol. The Hall–Kier alpha value is -0.0900. The molecule has 0 spiro atoms. The number of rotatable bonds is 2. The van der Waals surface area contributed by atoms with Gasteiger partial charge in [0.15, 0.2) is 0 Å². The molecule has 0 aromatic heterocycles. The Bertz CT molecular complexity index is 97.0. The second-order valence-electron chi connectivity index (χ2n) is 1.98. The summed E-state index contributed by atoms with van der Waals surface area (Å²) >= 11 is 0. The topological polar surface area (TPSA) is 0 Å². The van der Waals surface area contributed by atoms with Crippen molar-refractivity contribution in [1.82, 2.24) is 0 Å². The van der Waals surface area contributed by atoms with Crippen molar-refractivity contribution < 1.29 is 0 Å². The maximum Gasteiger partial charge on any atom is -0.0139 e. The Kier molecular flexibility index (Phi) is 2.29. The third-order valence-corrected chi connectivity index (χ3v) is 3.51. The SMILES string of the molecule is C=CCP1CC=CC1. The second-order valence-corrected chi connectivity index (χ2v) is 4.42. The molecular weight excluding hydrogens is 115 g/mol. The van der Waals surface area contributed by atoms with Crippen LogP contribution in [0.2, 0.25) is 0 Å². The fourth-order valence-corrected chi connectivity index (χ4v) is 2.56. The molecule has 8 heavy (non-hydrogen) atoms. The first-order valence-corrected chi connectivity index (χ1v) is 4.81. The second kappa shape index (κ2) is 3.04. The smallest absolute Gasteiger partial charge is 0.0139 e. The largest absolute Gasteiger partial charge is 0.103 e. The Labute approximate surface area is 52.0 Å². The van der Waals surface area contributed by atoms with E-state index in [1.165, 1.54) is 18.5 Å². The van der Waals surface area contributed by atoms with E-state index in [0.29, 0.717) is 7.92 Å². The number of hydrogen-bond donors (Lipinski definition) is 0. The fraction of sp³-hybridized carbons (Fsp3) is 0.429. The first-order valence-electron chi connectivity index (χ1n) is 2.92. The van der Waals surface area contributed by atoms with Crippen LogP contribution in [0.5, 0.6) is 0 Å². The van der Waals surface area contributed by atoms with Crippen LogP contribution in [0, 0.1) is 0 Å². The van der Waals surface area contributed by atoms with Gasteiger partial charge in [0.05, 0.1) is 0 Å². The highest BCUT2D eigenvalue weighted by molar-refractivity contribution is 7.58. The van der Waals surface area contributed by atoms with Gasteiger partial charge in [-0.2, -0.15) is 0 Å². The molecule has 0 fully saturated rings. The van der Waals surface area contributed by atoms with Crippen molar-refractivity contribution in [3.8, 4) is 0 Å². The van der Waals surface area contributed by atoms with Crippen LogP contribution in [0.15, 0.2) is 24.8 Å². The summed E-state index contributed by atoms with van der Waals surface area (Å²) in [6.07, 6.45) is 10.5.